The van der Waals surface area contributed by atoms with E-state index in [1.165, 1.54) is 11.1 Å². The molecular formula is C14H22N2. The van der Waals surface area contributed by atoms with Gasteiger partial charge in [-0.1, -0.05) is 37.3 Å². The van der Waals surface area contributed by atoms with Gasteiger partial charge in [0, 0.05) is 13.1 Å². The summed E-state index contributed by atoms with van der Waals surface area (Å²) < 4.78 is 0. The molecule has 0 spiro atoms. The zero-order valence-corrected chi connectivity index (χ0v) is 10.2. The molecule has 1 aromatic rings. The Kier molecular flexibility index (Phi) is 5.83. The Labute approximate surface area is 98.8 Å². The van der Waals surface area contributed by atoms with Gasteiger partial charge in [-0.3, -0.25) is 4.90 Å². The molecule has 0 aliphatic rings. The number of nitrogens with two attached hydrogens (primary N) is 1. The predicted octanol–water partition coefficient (Wildman–Crippen LogP) is 2.20. The molecule has 0 unspecified atom stereocenters. The molecule has 0 aliphatic heterocycles. The molecule has 1 rings (SSSR count). The fourth-order valence-corrected chi connectivity index (χ4v) is 1.84. The molecule has 88 valence electrons. The van der Waals surface area contributed by atoms with Crippen LogP contribution >= 0.6 is 0 Å². The molecule has 2 nitrogen and oxygen atoms in total. The van der Waals surface area contributed by atoms with Gasteiger partial charge in [-0.05, 0) is 30.6 Å². The second-order valence-corrected chi connectivity index (χ2v) is 3.92. The van der Waals surface area contributed by atoms with E-state index in [1.807, 2.05) is 6.08 Å². The second-order valence-electron chi connectivity index (χ2n) is 3.92. The van der Waals surface area contributed by atoms with E-state index < -0.39 is 0 Å². The van der Waals surface area contributed by atoms with Crippen LogP contribution < -0.4 is 5.73 Å². The Bertz CT molecular complexity index is 320. The van der Waals surface area contributed by atoms with Crippen LogP contribution in [0.15, 0.2) is 36.9 Å². The standard InChI is InChI=1S/C14H22N2/c1-3-11-16(4-2)12-14-8-6-5-7-13(14)9-10-15/h3,5-8H,1,4,9-12,15H2,2H3. The average Bonchev–Trinajstić information content (AvgIpc) is 2.31. The Hall–Kier alpha value is -1.12. The van der Waals surface area contributed by atoms with Gasteiger partial charge >= 0.3 is 0 Å². The molecule has 0 heterocycles. The molecule has 0 aromatic heterocycles. The molecule has 16 heavy (non-hydrogen) atoms. The number of likely N-dealkylation sites (N-methyl/N-ethyl adjacent to an activating group) is 1. The van der Waals surface area contributed by atoms with Crippen molar-refractivity contribution in [2.75, 3.05) is 19.6 Å². The molecule has 0 bridgehead atoms. The van der Waals surface area contributed by atoms with E-state index in [9.17, 15) is 0 Å². The summed E-state index contributed by atoms with van der Waals surface area (Å²) in [4.78, 5) is 2.36. The number of hydrogen-bond donors (Lipinski definition) is 1. The SMILES string of the molecule is C=CCN(CC)Cc1ccccc1CCN. The topological polar surface area (TPSA) is 29.3 Å². The van der Waals surface area contributed by atoms with Gasteiger partial charge in [0.15, 0.2) is 0 Å². The van der Waals surface area contributed by atoms with Crippen molar-refractivity contribution in [2.45, 2.75) is 19.9 Å². The fraction of sp³-hybridized carbons (Fsp3) is 0.429. The lowest BCUT2D eigenvalue weighted by atomic mass is 10.0. The number of rotatable bonds is 7. The predicted molar refractivity (Wildman–Crippen MR) is 70.3 cm³/mol. The summed E-state index contributed by atoms with van der Waals surface area (Å²) in [5, 5.41) is 0. The fourth-order valence-electron chi connectivity index (χ4n) is 1.84. The minimum Gasteiger partial charge on any atom is -0.330 e. The van der Waals surface area contributed by atoms with E-state index in [-0.39, 0.29) is 0 Å². The van der Waals surface area contributed by atoms with Gasteiger partial charge < -0.3 is 5.73 Å². The van der Waals surface area contributed by atoms with E-state index in [0.29, 0.717) is 6.54 Å². The van der Waals surface area contributed by atoms with Gasteiger partial charge in [-0.2, -0.15) is 0 Å². The van der Waals surface area contributed by atoms with Crippen LogP contribution in [-0.4, -0.2) is 24.5 Å². The molecular weight excluding hydrogens is 196 g/mol. The minimum atomic E-state index is 0.713. The highest BCUT2D eigenvalue weighted by atomic mass is 15.1. The summed E-state index contributed by atoms with van der Waals surface area (Å²) in [5.41, 5.74) is 8.38. The molecule has 2 N–H and O–H groups in total. The first-order chi connectivity index (χ1) is 7.81. The number of benzene rings is 1. The molecule has 0 aliphatic carbocycles. The van der Waals surface area contributed by atoms with Gasteiger partial charge in [0.1, 0.15) is 0 Å². The van der Waals surface area contributed by atoms with E-state index in [0.717, 1.165) is 26.1 Å². The van der Waals surface area contributed by atoms with Crippen LogP contribution in [0, 0.1) is 0 Å². The summed E-state index contributed by atoms with van der Waals surface area (Å²) in [5.74, 6) is 0. The zero-order chi connectivity index (χ0) is 11.8. The first kappa shape index (κ1) is 12.9. The third-order valence-electron chi connectivity index (χ3n) is 2.76. The minimum absolute atomic E-state index is 0.713. The Morgan fingerprint density at radius 1 is 1.31 bits per heavy atom. The van der Waals surface area contributed by atoms with Gasteiger partial charge in [0.25, 0.3) is 0 Å². The van der Waals surface area contributed by atoms with Crippen LogP contribution in [0.4, 0.5) is 0 Å². The lowest BCUT2D eigenvalue weighted by molar-refractivity contribution is 0.310. The largest absolute Gasteiger partial charge is 0.330 e. The monoisotopic (exact) mass is 218 g/mol. The van der Waals surface area contributed by atoms with Crippen LogP contribution in [0.2, 0.25) is 0 Å². The smallest absolute Gasteiger partial charge is 0.0239 e. The van der Waals surface area contributed by atoms with E-state index in [4.69, 9.17) is 5.73 Å². The van der Waals surface area contributed by atoms with Crippen molar-refractivity contribution in [3.05, 3.63) is 48.0 Å². The molecule has 2 heteroatoms. The highest BCUT2D eigenvalue weighted by molar-refractivity contribution is 5.27. The molecule has 0 amide bonds. The Morgan fingerprint density at radius 2 is 2.00 bits per heavy atom. The van der Waals surface area contributed by atoms with Crippen molar-refractivity contribution in [1.29, 1.82) is 0 Å². The third-order valence-corrected chi connectivity index (χ3v) is 2.76. The highest BCUT2D eigenvalue weighted by Crippen LogP contribution is 2.12. The summed E-state index contributed by atoms with van der Waals surface area (Å²) >= 11 is 0. The van der Waals surface area contributed by atoms with Crippen molar-refractivity contribution in [3.8, 4) is 0 Å². The normalized spacial score (nSPS) is 10.7. The number of hydrogen-bond acceptors (Lipinski definition) is 2. The lowest BCUT2D eigenvalue weighted by Crippen LogP contribution is -2.23. The zero-order valence-electron chi connectivity index (χ0n) is 10.2. The average molecular weight is 218 g/mol. The Morgan fingerprint density at radius 3 is 2.56 bits per heavy atom. The van der Waals surface area contributed by atoms with Crippen molar-refractivity contribution < 1.29 is 0 Å². The quantitative estimate of drug-likeness (QED) is 0.711. The van der Waals surface area contributed by atoms with Gasteiger partial charge in [0.05, 0.1) is 0 Å². The summed E-state index contributed by atoms with van der Waals surface area (Å²) in [6, 6.07) is 8.54. The van der Waals surface area contributed by atoms with Crippen LogP contribution in [-0.2, 0) is 13.0 Å². The molecule has 1 aromatic carbocycles. The van der Waals surface area contributed by atoms with Crippen LogP contribution in [0.5, 0.6) is 0 Å². The van der Waals surface area contributed by atoms with Gasteiger partial charge in [-0.15, -0.1) is 6.58 Å². The maximum atomic E-state index is 5.62. The molecule has 0 saturated heterocycles. The first-order valence-electron chi connectivity index (χ1n) is 5.91. The maximum absolute atomic E-state index is 5.62. The van der Waals surface area contributed by atoms with Crippen molar-refractivity contribution in [1.82, 2.24) is 4.90 Å². The molecule has 0 atom stereocenters. The van der Waals surface area contributed by atoms with Crippen molar-refractivity contribution in [2.24, 2.45) is 5.73 Å². The second kappa shape index (κ2) is 7.20. The Balaban J connectivity index is 2.73. The lowest BCUT2D eigenvalue weighted by Gasteiger charge is -2.20. The molecule has 0 fully saturated rings. The highest BCUT2D eigenvalue weighted by Gasteiger charge is 2.05. The third kappa shape index (κ3) is 3.80. The summed E-state index contributed by atoms with van der Waals surface area (Å²) in [6.45, 7) is 9.64. The van der Waals surface area contributed by atoms with E-state index in [1.54, 1.807) is 0 Å². The van der Waals surface area contributed by atoms with E-state index >= 15 is 0 Å². The first-order valence-corrected chi connectivity index (χ1v) is 5.91. The number of nitrogens with zero attached hydrogens (tertiary/aromatic N) is 1. The van der Waals surface area contributed by atoms with Crippen LogP contribution in [0.1, 0.15) is 18.1 Å². The van der Waals surface area contributed by atoms with Crippen LogP contribution in [0.3, 0.4) is 0 Å². The van der Waals surface area contributed by atoms with E-state index in [2.05, 4.69) is 42.7 Å². The van der Waals surface area contributed by atoms with Crippen molar-refractivity contribution in [3.63, 3.8) is 0 Å². The summed E-state index contributed by atoms with van der Waals surface area (Å²) in [7, 11) is 0. The van der Waals surface area contributed by atoms with Gasteiger partial charge in [-0.25, -0.2) is 0 Å². The maximum Gasteiger partial charge on any atom is 0.0239 e. The van der Waals surface area contributed by atoms with Gasteiger partial charge in [0.2, 0.25) is 0 Å². The van der Waals surface area contributed by atoms with Crippen LogP contribution in [0.25, 0.3) is 0 Å². The molecule has 0 saturated carbocycles. The molecule has 0 radical (unpaired) electrons. The summed E-state index contributed by atoms with van der Waals surface area (Å²) in [6.07, 6.45) is 2.91. The van der Waals surface area contributed by atoms with Crippen molar-refractivity contribution >= 4 is 0 Å².